The van der Waals surface area contributed by atoms with E-state index in [9.17, 15) is 0 Å². The summed E-state index contributed by atoms with van der Waals surface area (Å²) in [5.74, 6) is 1.08. The zero-order valence-electron chi connectivity index (χ0n) is 11.8. The smallest absolute Gasteiger partial charge is 0.123 e. The molecule has 4 heteroatoms. The Labute approximate surface area is 129 Å². The molecule has 2 aliphatic rings. The lowest BCUT2D eigenvalue weighted by molar-refractivity contribution is 0.00874. The third-order valence-electron chi connectivity index (χ3n) is 4.14. The minimum absolute atomic E-state index is 0.326. The maximum atomic E-state index is 6.02. The lowest BCUT2D eigenvalue weighted by Gasteiger charge is -2.33. The highest BCUT2D eigenvalue weighted by Crippen LogP contribution is 2.29. The number of halogens is 1. The molecule has 0 aromatic heterocycles. The molecule has 0 saturated carbocycles. The van der Waals surface area contributed by atoms with E-state index in [4.69, 9.17) is 9.47 Å². The van der Waals surface area contributed by atoms with E-state index in [1.165, 1.54) is 5.56 Å². The molecule has 0 spiro atoms. The van der Waals surface area contributed by atoms with Crippen molar-refractivity contribution in [2.75, 3.05) is 31.6 Å². The molecule has 0 amide bonds. The largest absolute Gasteiger partial charge is 0.488 e. The van der Waals surface area contributed by atoms with Crippen molar-refractivity contribution >= 4 is 15.9 Å². The van der Waals surface area contributed by atoms with Crippen LogP contribution in [0.15, 0.2) is 24.3 Å². The van der Waals surface area contributed by atoms with Gasteiger partial charge in [0.25, 0.3) is 0 Å². The molecule has 0 aliphatic carbocycles. The Hall–Kier alpha value is -0.580. The first-order valence-electron chi connectivity index (χ1n) is 7.49. The van der Waals surface area contributed by atoms with Gasteiger partial charge in [-0.05, 0) is 24.5 Å². The van der Waals surface area contributed by atoms with Gasteiger partial charge in [-0.3, -0.25) is 4.90 Å². The summed E-state index contributed by atoms with van der Waals surface area (Å²) in [6, 6.07) is 8.40. The van der Waals surface area contributed by atoms with Gasteiger partial charge in [0.2, 0.25) is 0 Å². The number of hydrogen-bond donors (Lipinski definition) is 0. The Kier molecular flexibility index (Phi) is 4.97. The van der Waals surface area contributed by atoms with E-state index >= 15 is 0 Å². The molecule has 1 atom stereocenters. The molecular weight excluding hydrogens is 318 g/mol. The first kappa shape index (κ1) is 14.4. The standard InChI is InChI=1S/C16H22BrNO2/c17-7-10-19-14-5-8-18(9-6-14)12-15-11-13-3-1-2-4-16(13)20-15/h1-4,14-15H,5-12H2. The molecule has 110 valence electrons. The number of nitrogens with zero attached hydrogens (tertiary/aromatic N) is 1. The van der Waals surface area contributed by atoms with E-state index in [-0.39, 0.29) is 0 Å². The van der Waals surface area contributed by atoms with Gasteiger partial charge in [-0.2, -0.15) is 0 Å². The number of likely N-dealkylation sites (tertiary alicyclic amines) is 1. The summed E-state index contributed by atoms with van der Waals surface area (Å²) in [5.41, 5.74) is 1.35. The van der Waals surface area contributed by atoms with Gasteiger partial charge in [0.1, 0.15) is 11.9 Å². The van der Waals surface area contributed by atoms with Crippen LogP contribution in [0.1, 0.15) is 18.4 Å². The predicted molar refractivity (Wildman–Crippen MR) is 83.8 cm³/mol. The van der Waals surface area contributed by atoms with E-state index < -0.39 is 0 Å². The number of alkyl halides is 1. The molecule has 1 aromatic carbocycles. The minimum atomic E-state index is 0.326. The molecule has 1 saturated heterocycles. The fourth-order valence-corrected chi connectivity index (χ4v) is 3.30. The molecule has 3 rings (SSSR count). The number of piperidine rings is 1. The van der Waals surface area contributed by atoms with Crippen molar-refractivity contribution in [3.63, 3.8) is 0 Å². The lowest BCUT2D eigenvalue weighted by Crippen LogP contribution is -2.42. The van der Waals surface area contributed by atoms with Crippen molar-refractivity contribution in [3.8, 4) is 5.75 Å². The number of rotatable bonds is 5. The SMILES string of the molecule is BrCCOC1CCN(CC2Cc3ccccc3O2)CC1. The Morgan fingerprint density at radius 3 is 2.80 bits per heavy atom. The predicted octanol–water partition coefficient (Wildman–Crippen LogP) is 2.87. The van der Waals surface area contributed by atoms with Gasteiger partial charge in [-0.1, -0.05) is 34.1 Å². The quantitative estimate of drug-likeness (QED) is 0.770. The highest BCUT2D eigenvalue weighted by Gasteiger charge is 2.27. The van der Waals surface area contributed by atoms with E-state index in [1.54, 1.807) is 0 Å². The fraction of sp³-hybridized carbons (Fsp3) is 0.625. The van der Waals surface area contributed by atoms with E-state index in [1.807, 2.05) is 6.07 Å². The van der Waals surface area contributed by atoms with Crippen LogP contribution in [0.3, 0.4) is 0 Å². The highest BCUT2D eigenvalue weighted by molar-refractivity contribution is 9.09. The molecular formula is C16H22BrNO2. The van der Waals surface area contributed by atoms with Gasteiger partial charge in [0.05, 0.1) is 12.7 Å². The van der Waals surface area contributed by atoms with Crippen molar-refractivity contribution < 1.29 is 9.47 Å². The van der Waals surface area contributed by atoms with Crippen LogP contribution in [0.2, 0.25) is 0 Å². The second-order valence-electron chi connectivity index (χ2n) is 5.61. The third-order valence-corrected chi connectivity index (χ3v) is 4.46. The Morgan fingerprint density at radius 2 is 2.05 bits per heavy atom. The molecule has 0 radical (unpaired) electrons. The van der Waals surface area contributed by atoms with Crippen molar-refractivity contribution in [1.29, 1.82) is 0 Å². The summed E-state index contributed by atoms with van der Waals surface area (Å²) in [7, 11) is 0. The van der Waals surface area contributed by atoms with Crippen LogP contribution >= 0.6 is 15.9 Å². The minimum Gasteiger partial charge on any atom is -0.488 e. The van der Waals surface area contributed by atoms with Crippen molar-refractivity contribution in [3.05, 3.63) is 29.8 Å². The molecule has 1 unspecified atom stereocenters. The molecule has 2 heterocycles. The van der Waals surface area contributed by atoms with Crippen LogP contribution in [0, 0.1) is 0 Å². The molecule has 20 heavy (non-hydrogen) atoms. The van der Waals surface area contributed by atoms with Crippen LogP contribution in [0.25, 0.3) is 0 Å². The maximum Gasteiger partial charge on any atom is 0.123 e. The fourth-order valence-electron chi connectivity index (χ4n) is 3.11. The van der Waals surface area contributed by atoms with E-state index in [2.05, 4.69) is 39.0 Å². The maximum absolute atomic E-state index is 6.02. The lowest BCUT2D eigenvalue weighted by atomic mass is 10.1. The van der Waals surface area contributed by atoms with Crippen LogP contribution in [-0.2, 0) is 11.2 Å². The van der Waals surface area contributed by atoms with Gasteiger partial charge >= 0.3 is 0 Å². The number of ether oxygens (including phenoxy) is 2. The zero-order valence-corrected chi connectivity index (χ0v) is 13.3. The van der Waals surface area contributed by atoms with Gasteiger partial charge in [-0.25, -0.2) is 0 Å². The van der Waals surface area contributed by atoms with E-state index in [0.717, 1.165) is 56.6 Å². The first-order valence-corrected chi connectivity index (χ1v) is 8.62. The van der Waals surface area contributed by atoms with E-state index in [0.29, 0.717) is 12.2 Å². The van der Waals surface area contributed by atoms with Crippen LogP contribution in [-0.4, -0.2) is 48.7 Å². The Bertz CT molecular complexity index is 407. The third kappa shape index (κ3) is 3.54. The molecule has 0 N–H and O–H groups in total. The van der Waals surface area contributed by atoms with Crippen LogP contribution in [0.4, 0.5) is 0 Å². The number of para-hydroxylation sites is 1. The summed E-state index contributed by atoms with van der Waals surface area (Å²) in [6.45, 7) is 4.12. The summed E-state index contributed by atoms with van der Waals surface area (Å²) >= 11 is 3.41. The molecule has 2 aliphatic heterocycles. The number of hydrogen-bond acceptors (Lipinski definition) is 3. The monoisotopic (exact) mass is 339 g/mol. The van der Waals surface area contributed by atoms with Crippen molar-refractivity contribution in [2.24, 2.45) is 0 Å². The van der Waals surface area contributed by atoms with Crippen molar-refractivity contribution in [1.82, 2.24) is 4.90 Å². The summed E-state index contributed by atoms with van der Waals surface area (Å²) in [5, 5.41) is 0.932. The second kappa shape index (κ2) is 6.92. The summed E-state index contributed by atoms with van der Waals surface area (Å²) < 4.78 is 11.8. The van der Waals surface area contributed by atoms with Crippen LogP contribution < -0.4 is 4.74 Å². The second-order valence-corrected chi connectivity index (χ2v) is 6.40. The van der Waals surface area contributed by atoms with Gasteiger partial charge in [0.15, 0.2) is 0 Å². The topological polar surface area (TPSA) is 21.7 Å². The Morgan fingerprint density at radius 1 is 1.25 bits per heavy atom. The van der Waals surface area contributed by atoms with Gasteiger partial charge in [-0.15, -0.1) is 0 Å². The molecule has 1 aromatic rings. The zero-order chi connectivity index (χ0) is 13.8. The average Bonchev–Trinajstić information content (AvgIpc) is 2.89. The summed E-state index contributed by atoms with van der Waals surface area (Å²) in [6.07, 6.45) is 4.12. The first-order chi connectivity index (χ1) is 9.85. The molecule has 3 nitrogen and oxygen atoms in total. The Balaban J connectivity index is 1.43. The normalized spacial score (nSPS) is 23.6. The number of fused-ring (bicyclic) bond motifs is 1. The number of benzene rings is 1. The highest BCUT2D eigenvalue weighted by atomic mass is 79.9. The van der Waals surface area contributed by atoms with Crippen LogP contribution in [0.5, 0.6) is 5.75 Å². The molecule has 1 fully saturated rings. The molecule has 0 bridgehead atoms. The summed E-state index contributed by atoms with van der Waals surface area (Å²) in [4.78, 5) is 2.52. The van der Waals surface area contributed by atoms with Gasteiger partial charge < -0.3 is 9.47 Å². The van der Waals surface area contributed by atoms with Gasteiger partial charge in [0, 0.05) is 31.4 Å². The average molecular weight is 340 g/mol. The van der Waals surface area contributed by atoms with Crippen molar-refractivity contribution in [2.45, 2.75) is 31.5 Å².